The molecule has 0 radical (unpaired) electrons. The van der Waals surface area contributed by atoms with Crippen molar-refractivity contribution in [1.82, 2.24) is 4.98 Å². The molecule has 0 fully saturated rings. The molecule has 0 amide bonds. The van der Waals surface area contributed by atoms with Crippen LogP contribution in [0.5, 0.6) is 0 Å². The van der Waals surface area contributed by atoms with E-state index in [1.807, 2.05) is 0 Å². The molecule has 3 aromatic carbocycles. The first kappa shape index (κ1) is 20.1. The Morgan fingerprint density at radius 1 is 0.931 bits per heavy atom. The van der Waals surface area contributed by atoms with Crippen molar-refractivity contribution in [3.63, 3.8) is 0 Å². The Morgan fingerprint density at radius 3 is 2.28 bits per heavy atom. The molecule has 29 heavy (non-hydrogen) atoms. The van der Waals surface area contributed by atoms with E-state index in [9.17, 15) is 17.2 Å². The third kappa shape index (κ3) is 3.82. The van der Waals surface area contributed by atoms with Gasteiger partial charge in [0.1, 0.15) is 16.5 Å². The fraction of sp³-hybridized carbons (Fsp3) is 0.0500. The van der Waals surface area contributed by atoms with E-state index in [-0.39, 0.29) is 21.4 Å². The molecule has 4 aromatic rings. The fourth-order valence-electron chi connectivity index (χ4n) is 2.89. The first-order chi connectivity index (χ1) is 13.9. The van der Waals surface area contributed by atoms with E-state index in [1.165, 1.54) is 34.3 Å². The van der Waals surface area contributed by atoms with Crippen LogP contribution in [-0.4, -0.2) is 13.4 Å². The fourth-order valence-corrected chi connectivity index (χ4v) is 5.93. The van der Waals surface area contributed by atoms with Crippen LogP contribution >= 0.6 is 27.7 Å². The topological polar surface area (TPSA) is 53.8 Å². The maximum atomic E-state index is 14.0. The number of fused-ring (bicyclic) bond motifs is 1. The molecule has 0 bridgehead atoms. The molecule has 4 nitrogen and oxygen atoms in total. The van der Waals surface area contributed by atoms with Crippen LogP contribution < -0.4 is 3.97 Å². The second-order valence-electron chi connectivity index (χ2n) is 6.16. The van der Waals surface area contributed by atoms with Crippen molar-refractivity contribution < 1.29 is 21.2 Å². The number of rotatable bonds is 5. The third-order valence-corrected chi connectivity index (χ3v) is 7.68. The smallest absolute Gasteiger partial charge is 0.230 e. The molecule has 0 atom stereocenters. The first-order valence-corrected chi connectivity index (χ1v) is 11.7. The van der Waals surface area contributed by atoms with Gasteiger partial charge in [-0.2, -0.15) is 8.42 Å². The Labute approximate surface area is 178 Å². The van der Waals surface area contributed by atoms with Gasteiger partial charge in [0.05, 0.1) is 0 Å². The van der Waals surface area contributed by atoms with Crippen molar-refractivity contribution in [3.8, 4) is 0 Å². The summed E-state index contributed by atoms with van der Waals surface area (Å²) in [5, 5.41) is 0.261. The van der Waals surface area contributed by atoms with Gasteiger partial charge in [-0.1, -0.05) is 34.1 Å². The van der Waals surface area contributed by atoms with E-state index in [4.69, 9.17) is 0 Å². The monoisotopic (exact) mass is 495 g/mol. The van der Waals surface area contributed by atoms with Crippen LogP contribution in [0.25, 0.3) is 11.0 Å². The Bertz CT molecular complexity index is 1290. The van der Waals surface area contributed by atoms with Gasteiger partial charge in [0.15, 0.2) is 11.0 Å². The lowest BCUT2D eigenvalue weighted by Crippen LogP contribution is -2.43. The van der Waals surface area contributed by atoms with Crippen LogP contribution in [0.4, 0.5) is 8.78 Å². The number of benzene rings is 3. The van der Waals surface area contributed by atoms with Crippen LogP contribution in [0.15, 0.2) is 81.3 Å². The minimum atomic E-state index is -3.94. The summed E-state index contributed by atoms with van der Waals surface area (Å²) < 4.78 is 56.6. The number of nitrogens with one attached hydrogen (secondary N) is 1. The van der Waals surface area contributed by atoms with Gasteiger partial charge in [0, 0.05) is 15.8 Å². The Balaban J connectivity index is 1.82. The molecule has 0 aliphatic rings. The van der Waals surface area contributed by atoms with E-state index in [1.54, 1.807) is 36.4 Å². The average Bonchev–Trinajstić information content (AvgIpc) is 3.07. The highest BCUT2D eigenvalue weighted by atomic mass is 79.9. The largest absolute Gasteiger partial charge is 0.336 e. The normalized spacial score (nSPS) is 11.8. The molecular formula is C20H14BrF2N2O2S2+. The van der Waals surface area contributed by atoms with Gasteiger partial charge < -0.3 is 0 Å². The number of thioether (sulfide) groups is 1. The Kier molecular flexibility index (Phi) is 5.46. The molecule has 0 unspecified atom stereocenters. The van der Waals surface area contributed by atoms with E-state index < -0.39 is 21.7 Å². The van der Waals surface area contributed by atoms with Gasteiger partial charge in [-0.15, -0.1) is 3.97 Å². The quantitative estimate of drug-likeness (QED) is 0.312. The highest BCUT2D eigenvalue weighted by Gasteiger charge is 2.32. The van der Waals surface area contributed by atoms with Gasteiger partial charge in [-0.3, -0.25) is 0 Å². The summed E-state index contributed by atoms with van der Waals surface area (Å²) in [4.78, 5) is 3.16. The van der Waals surface area contributed by atoms with Crippen LogP contribution in [0, 0.1) is 11.6 Å². The SMILES string of the molecule is O=S(=O)(c1ccc(Br)cc1)[n+]1c(SCc2c(F)cccc2F)[nH]c2ccccc21. The van der Waals surface area contributed by atoms with Crippen molar-refractivity contribution in [3.05, 3.63) is 88.4 Å². The lowest BCUT2D eigenvalue weighted by Gasteiger charge is -2.05. The van der Waals surface area contributed by atoms with Crippen LogP contribution in [0.1, 0.15) is 5.56 Å². The summed E-state index contributed by atoms with van der Waals surface area (Å²) in [7, 11) is -3.94. The summed E-state index contributed by atoms with van der Waals surface area (Å²) in [6.45, 7) is 0. The zero-order valence-corrected chi connectivity index (χ0v) is 18.0. The molecule has 1 heterocycles. The van der Waals surface area contributed by atoms with Gasteiger partial charge >= 0.3 is 15.2 Å². The summed E-state index contributed by atoms with van der Waals surface area (Å²) in [5.41, 5.74) is 0.945. The van der Waals surface area contributed by atoms with Gasteiger partial charge in [0.25, 0.3) is 0 Å². The number of nitrogens with zero attached hydrogens (tertiary/aromatic N) is 1. The molecule has 9 heteroatoms. The molecule has 1 N–H and O–H groups in total. The Hall–Kier alpha value is -2.23. The highest BCUT2D eigenvalue weighted by Crippen LogP contribution is 2.26. The number of hydrogen-bond acceptors (Lipinski definition) is 3. The molecule has 148 valence electrons. The van der Waals surface area contributed by atoms with Crippen LogP contribution in [-0.2, 0) is 15.8 Å². The molecular weight excluding hydrogens is 482 g/mol. The van der Waals surface area contributed by atoms with Crippen LogP contribution in [0.2, 0.25) is 0 Å². The summed E-state index contributed by atoms with van der Waals surface area (Å²) in [6, 6.07) is 16.9. The van der Waals surface area contributed by atoms with Crippen molar-refractivity contribution >= 4 is 48.7 Å². The summed E-state index contributed by atoms with van der Waals surface area (Å²) >= 11 is 4.31. The molecule has 0 aliphatic carbocycles. The van der Waals surface area contributed by atoms with E-state index >= 15 is 0 Å². The molecule has 0 saturated carbocycles. The zero-order chi connectivity index (χ0) is 20.6. The summed E-state index contributed by atoms with van der Waals surface area (Å²) in [6.07, 6.45) is 0. The second-order valence-corrected chi connectivity index (χ2v) is 9.83. The lowest BCUT2D eigenvalue weighted by atomic mass is 10.2. The predicted molar refractivity (Wildman–Crippen MR) is 111 cm³/mol. The minimum absolute atomic E-state index is 0.0683. The zero-order valence-electron chi connectivity index (χ0n) is 14.8. The molecule has 0 saturated heterocycles. The number of imidazole rings is 1. The predicted octanol–water partition coefficient (Wildman–Crippen LogP) is 5.03. The van der Waals surface area contributed by atoms with Crippen LogP contribution in [0.3, 0.4) is 0 Å². The standard InChI is InChI=1S/C20H13BrF2N2O2S2/c21-13-8-10-14(11-9-13)29(26,27)25-19-7-2-1-6-18(19)24-20(25)28-12-15-16(22)4-3-5-17(15)23/h1-11H,12H2/p+1. The van der Waals surface area contributed by atoms with Gasteiger partial charge in [-0.25, -0.2) is 13.8 Å². The lowest BCUT2D eigenvalue weighted by molar-refractivity contribution is -0.526. The van der Waals surface area contributed by atoms with Crippen molar-refractivity contribution in [2.75, 3.05) is 0 Å². The first-order valence-electron chi connectivity index (χ1n) is 8.47. The minimum Gasteiger partial charge on any atom is -0.230 e. The maximum Gasteiger partial charge on any atom is 0.336 e. The molecule has 4 rings (SSSR count). The van der Waals surface area contributed by atoms with Crippen molar-refractivity contribution in [2.45, 2.75) is 15.8 Å². The van der Waals surface area contributed by atoms with Gasteiger partial charge in [-0.05, 0) is 60.3 Å². The molecule has 0 aliphatic heterocycles. The van der Waals surface area contributed by atoms with Crippen molar-refractivity contribution in [2.24, 2.45) is 0 Å². The number of aromatic amines is 1. The van der Waals surface area contributed by atoms with E-state index in [2.05, 4.69) is 20.9 Å². The van der Waals surface area contributed by atoms with E-state index in [0.717, 1.165) is 16.2 Å². The maximum absolute atomic E-state index is 14.0. The number of para-hydroxylation sites is 2. The van der Waals surface area contributed by atoms with Crippen molar-refractivity contribution in [1.29, 1.82) is 0 Å². The summed E-state index contributed by atoms with van der Waals surface area (Å²) in [5.74, 6) is -1.41. The highest BCUT2D eigenvalue weighted by molar-refractivity contribution is 9.10. The molecule has 1 aromatic heterocycles. The molecule has 0 spiro atoms. The number of hydrogen-bond donors (Lipinski definition) is 1. The van der Waals surface area contributed by atoms with Gasteiger partial charge in [0.2, 0.25) is 0 Å². The van der Waals surface area contributed by atoms with E-state index in [0.29, 0.717) is 11.0 Å². The third-order valence-electron chi connectivity index (χ3n) is 4.32. The average molecular weight is 496 g/mol. The Morgan fingerprint density at radius 2 is 1.59 bits per heavy atom. The second kappa shape index (κ2) is 7.89. The number of aromatic nitrogens is 2. The number of H-pyrrole nitrogens is 1. The number of halogens is 3.